The van der Waals surface area contributed by atoms with Gasteiger partial charge in [-0.2, -0.15) is 0 Å². The Labute approximate surface area is 129 Å². The molecule has 1 atom stereocenters. The molecule has 0 aliphatic rings. The maximum atomic E-state index is 11.7. The van der Waals surface area contributed by atoms with Crippen LogP contribution in [0.4, 0.5) is 0 Å². The van der Waals surface area contributed by atoms with Crippen molar-refractivity contribution in [2.75, 3.05) is 20.3 Å². The quantitative estimate of drug-likeness (QED) is 0.543. The standard InChI is InChI=1S/C16H22O6/c1-5-10(2)15(19)22-9-16(20,8-17)12-7-13(18)11(3)6-14(12)21-4/h5-7,17-18,20H,8-9H2,1-4H3/t16-/m1/s1. The largest absolute Gasteiger partial charge is 0.508 e. The Bertz CT molecular complexity index is 578. The molecule has 0 aliphatic carbocycles. The maximum absolute atomic E-state index is 11.7. The molecule has 3 N–H and O–H groups in total. The Hall–Kier alpha value is -2.05. The number of aliphatic hydroxyl groups excluding tert-OH is 1. The van der Waals surface area contributed by atoms with Crippen LogP contribution in [0.3, 0.4) is 0 Å². The molecule has 0 heterocycles. The number of allylic oxidation sites excluding steroid dienone is 1. The van der Waals surface area contributed by atoms with Crippen LogP contribution in [0.15, 0.2) is 23.8 Å². The number of esters is 1. The lowest BCUT2D eigenvalue weighted by molar-refractivity contribution is -0.150. The zero-order valence-corrected chi connectivity index (χ0v) is 13.2. The zero-order chi connectivity index (χ0) is 16.9. The third-order valence-corrected chi connectivity index (χ3v) is 3.48. The van der Waals surface area contributed by atoms with Crippen molar-refractivity contribution in [2.24, 2.45) is 0 Å². The topological polar surface area (TPSA) is 96.2 Å². The molecule has 122 valence electrons. The summed E-state index contributed by atoms with van der Waals surface area (Å²) in [4.78, 5) is 11.7. The number of hydrogen-bond donors (Lipinski definition) is 3. The number of benzene rings is 1. The lowest BCUT2D eigenvalue weighted by Crippen LogP contribution is -2.37. The zero-order valence-electron chi connectivity index (χ0n) is 13.2. The molecule has 0 fully saturated rings. The molecule has 1 rings (SSSR count). The number of hydrogen-bond acceptors (Lipinski definition) is 6. The first-order chi connectivity index (χ1) is 10.3. The molecular weight excluding hydrogens is 288 g/mol. The van der Waals surface area contributed by atoms with E-state index in [1.54, 1.807) is 26.8 Å². The molecule has 1 aromatic rings. The number of carbonyl (C=O) groups excluding carboxylic acids is 1. The van der Waals surface area contributed by atoms with Gasteiger partial charge in [0.2, 0.25) is 0 Å². The van der Waals surface area contributed by atoms with Gasteiger partial charge in [0, 0.05) is 11.1 Å². The molecule has 0 saturated heterocycles. The molecule has 6 nitrogen and oxygen atoms in total. The van der Waals surface area contributed by atoms with Gasteiger partial charge in [0.15, 0.2) is 5.60 Å². The van der Waals surface area contributed by atoms with Crippen LogP contribution in [0.25, 0.3) is 0 Å². The minimum absolute atomic E-state index is 0.0568. The van der Waals surface area contributed by atoms with Crippen molar-refractivity contribution in [3.05, 3.63) is 34.9 Å². The summed E-state index contributed by atoms with van der Waals surface area (Å²) >= 11 is 0. The number of aliphatic hydroxyl groups is 2. The fraction of sp³-hybridized carbons (Fsp3) is 0.438. The van der Waals surface area contributed by atoms with Crippen LogP contribution in [-0.2, 0) is 15.1 Å². The van der Waals surface area contributed by atoms with E-state index < -0.39 is 24.8 Å². The summed E-state index contributed by atoms with van der Waals surface area (Å²) in [6.45, 7) is 3.78. The van der Waals surface area contributed by atoms with Gasteiger partial charge >= 0.3 is 5.97 Å². The van der Waals surface area contributed by atoms with E-state index in [2.05, 4.69) is 0 Å². The number of phenolic OH excluding ortho intramolecular Hbond substituents is 1. The summed E-state index contributed by atoms with van der Waals surface area (Å²) in [5, 5.41) is 29.9. The third-order valence-electron chi connectivity index (χ3n) is 3.48. The molecular formula is C16H22O6. The first kappa shape index (κ1) is 18.0. The average Bonchev–Trinajstić information content (AvgIpc) is 2.53. The second-order valence-corrected chi connectivity index (χ2v) is 5.08. The Kier molecular flexibility index (Phi) is 5.96. The molecule has 0 aromatic heterocycles. The van der Waals surface area contributed by atoms with Crippen LogP contribution in [0.1, 0.15) is 25.0 Å². The van der Waals surface area contributed by atoms with Gasteiger partial charge < -0.3 is 24.8 Å². The van der Waals surface area contributed by atoms with Crippen molar-refractivity contribution in [3.8, 4) is 11.5 Å². The van der Waals surface area contributed by atoms with Crippen LogP contribution in [-0.4, -0.2) is 41.6 Å². The predicted molar refractivity (Wildman–Crippen MR) is 80.8 cm³/mol. The average molecular weight is 310 g/mol. The summed E-state index contributed by atoms with van der Waals surface area (Å²) in [7, 11) is 1.41. The summed E-state index contributed by atoms with van der Waals surface area (Å²) in [5.41, 5.74) is -0.784. The van der Waals surface area contributed by atoms with E-state index in [-0.39, 0.29) is 17.1 Å². The van der Waals surface area contributed by atoms with Crippen molar-refractivity contribution in [1.29, 1.82) is 0 Å². The number of ether oxygens (including phenoxy) is 2. The van der Waals surface area contributed by atoms with Gasteiger partial charge in [0.1, 0.15) is 18.1 Å². The maximum Gasteiger partial charge on any atom is 0.333 e. The van der Waals surface area contributed by atoms with E-state index in [1.807, 2.05) is 0 Å². The van der Waals surface area contributed by atoms with Crippen LogP contribution in [0, 0.1) is 6.92 Å². The molecule has 0 unspecified atom stereocenters. The second kappa shape index (κ2) is 7.29. The van der Waals surface area contributed by atoms with Crippen molar-refractivity contribution in [2.45, 2.75) is 26.4 Å². The van der Waals surface area contributed by atoms with E-state index >= 15 is 0 Å². The molecule has 0 saturated carbocycles. The predicted octanol–water partition coefficient (Wildman–Crippen LogP) is 1.40. The van der Waals surface area contributed by atoms with Crippen molar-refractivity contribution in [1.82, 2.24) is 0 Å². The summed E-state index contributed by atoms with van der Waals surface area (Å²) in [6.07, 6.45) is 1.58. The molecule has 0 bridgehead atoms. The van der Waals surface area contributed by atoms with Crippen molar-refractivity contribution in [3.63, 3.8) is 0 Å². The lowest BCUT2D eigenvalue weighted by Gasteiger charge is -2.28. The molecule has 1 aromatic carbocycles. The Morgan fingerprint density at radius 1 is 1.41 bits per heavy atom. The monoisotopic (exact) mass is 310 g/mol. The van der Waals surface area contributed by atoms with Gasteiger partial charge in [-0.05, 0) is 38.5 Å². The van der Waals surface area contributed by atoms with E-state index in [0.29, 0.717) is 11.1 Å². The number of phenols is 1. The summed E-state index contributed by atoms with van der Waals surface area (Å²) < 4.78 is 10.2. The number of rotatable bonds is 6. The van der Waals surface area contributed by atoms with Crippen LogP contribution >= 0.6 is 0 Å². The summed E-state index contributed by atoms with van der Waals surface area (Å²) in [6, 6.07) is 2.82. The van der Waals surface area contributed by atoms with Crippen LogP contribution in [0.2, 0.25) is 0 Å². The molecule has 0 radical (unpaired) electrons. The van der Waals surface area contributed by atoms with Gasteiger partial charge in [-0.1, -0.05) is 6.08 Å². The molecule has 22 heavy (non-hydrogen) atoms. The smallest absolute Gasteiger partial charge is 0.333 e. The Morgan fingerprint density at radius 2 is 2.05 bits per heavy atom. The van der Waals surface area contributed by atoms with Gasteiger partial charge in [-0.3, -0.25) is 0 Å². The van der Waals surface area contributed by atoms with Crippen LogP contribution < -0.4 is 4.74 Å². The van der Waals surface area contributed by atoms with Crippen LogP contribution in [0.5, 0.6) is 11.5 Å². The number of aromatic hydroxyl groups is 1. The van der Waals surface area contributed by atoms with Gasteiger partial charge in [-0.25, -0.2) is 4.79 Å². The lowest BCUT2D eigenvalue weighted by atomic mass is 9.93. The fourth-order valence-electron chi connectivity index (χ4n) is 1.83. The third kappa shape index (κ3) is 3.78. The number of aryl methyl sites for hydroxylation is 1. The van der Waals surface area contributed by atoms with E-state index in [1.165, 1.54) is 19.2 Å². The second-order valence-electron chi connectivity index (χ2n) is 5.08. The Balaban J connectivity index is 3.13. The highest BCUT2D eigenvalue weighted by Crippen LogP contribution is 2.35. The molecule has 0 spiro atoms. The van der Waals surface area contributed by atoms with Gasteiger partial charge in [0.25, 0.3) is 0 Å². The van der Waals surface area contributed by atoms with E-state index in [0.717, 1.165) is 0 Å². The van der Waals surface area contributed by atoms with Gasteiger partial charge in [0.05, 0.1) is 13.7 Å². The highest BCUT2D eigenvalue weighted by Gasteiger charge is 2.34. The fourth-order valence-corrected chi connectivity index (χ4v) is 1.83. The minimum atomic E-state index is -1.87. The minimum Gasteiger partial charge on any atom is -0.508 e. The normalized spacial score (nSPS) is 14.4. The van der Waals surface area contributed by atoms with Crippen molar-refractivity contribution >= 4 is 5.97 Å². The highest BCUT2D eigenvalue weighted by molar-refractivity contribution is 5.87. The van der Waals surface area contributed by atoms with Gasteiger partial charge in [-0.15, -0.1) is 0 Å². The molecule has 0 amide bonds. The SMILES string of the molecule is CC=C(C)C(=O)OC[C@](O)(CO)c1cc(O)c(C)cc1OC. The first-order valence-corrected chi connectivity index (χ1v) is 6.80. The van der Waals surface area contributed by atoms with E-state index in [9.17, 15) is 20.1 Å². The number of carbonyl (C=O) groups is 1. The highest BCUT2D eigenvalue weighted by atomic mass is 16.5. The van der Waals surface area contributed by atoms with E-state index in [4.69, 9.17) is 9.47 Å². The molecule has 0 aliphatic heterocycles. The number of methoxy groups -OCH3 is 1. The molecule has 6 heteroatoms. The summed E-state index contributed by atoms with van der Waals surface area (Å²) in [5.74, 6) is -0.367. The Morgan fingerprint density at radius 3 is 2.55 bits per heavy atom. The van der Waals surface area contributed by atoms with Crippen molar-refractivity contribution < 1.29 is 29.6 Å². The first-order valence-electron chi connectivity index (χ1n) is 6.80.